The van der Waals surface area contributed by atoms with Gasteiger partial charge in [-0.15, -0.1) is 0 Å². The highest BCUT2D eigenvalue weighted by Gasteiger charge is 2.20. The number of nitrogens with one attached hydrogen (secondary N) is 3. The van der Waals surface area contributed by atoms with E-state index in [1.54, 1.807) is 29.2 Å². The van der Waals surface area contributed by atoms with E-state index in [-0.39, 0.29) is 17.4 Å². The zero-order valence-electron chi connectivity index (χ0n) is 15.2. The van der Waals surface area contributed by atoms with E-state index >= 15 is 0 Å². The SMILES string of the molecule is CC(Nc1ncnc2nc[nH]c12)c1nc2ccc(F)cc2n1-c1ccc(=O)[nH]c1. The predicted molar refractivity (Wildman–Crippen MR) is 105 cm³/mol. The van der Waals surface area contributed by atoms with Gasteiger partial charge in [0.05, 0.1) is 29.1 Å². The Balaban J connectivity index is 1.65. The first kappa shape index (κ1) is 17.0. The number of imidazole rings is 2. The second-order valence-corrected chi connectivity index (χ2v) is 6.54. The molecule has 9 nitrogen and oxygen atoms in total. The molecule has 0 fully saturated rings. The van der Waals surface area contributed by atoms with Crippen molar-refractivity contribution < 1.29 is 4.39 Å². The number of hydrogen-bond acceptors (Lipinski definition) is 6. The Morgan fingerprint density at radius 2 is 2.03 bits per heavy atom. The topological polar surface area (TPSA) is 117 Å². The van der Waals surface area contributed by atoms with Gasteiger partial charge in [0, 0.05) is 18.3 Å². The Kier molecular flexibility index (Phi) is 3.83. The van der Waals surface area contributed by atoms with Crippen molar-refractivity contribution in [3.8, 4) is 5.69 Å². The van der Waals surface area contributed by atoms with E-state index in [9.17, 15) is 9.18 Å². The van der Waals surface area contributed by atoms with Gasteiger partial charge in [0.25, 0.3) is 0 Å². The molecule has 0 radical (unpaired) electrons. The minimum absolute atomic E-state index is 0.223. The molecule has 4 aromatic heterocycles. The van der Waals surface area contributed by atoms with Crippen LogP contribution in [0.2, 0.25) is 0 Å². The summed E-state index contributed by atoms with van der Waals surface area (Å²) in [5.74, 6) is 0.834. The van der Waals surface area contributed by atoms with Crippen molar-refractivity contribution >= 4 is 28.0 Å². The van der Waals surface area contributed by atoms with Gasteiger partial charge in [-0.2, -0.15) is 0 Å². The van der Waals surface area contributed by atoms with Crippen LogP contribution in [0.1, 0.15) is 18.8 Å². The molecule has 4 heterocycles. The van der Waals surface area contributed by atoms with E-state index in [2.05, 4.69) is 35.2 Å². The number of aromatic nitrogens is 7. The molecule has 10 heteroatoms. The van der Waals surface area contributed by atoms with Gasteiger partial charge in [-0.3, -0.25) is 9.36 Å². The second kappa shape index (κ2) is 6.51. The van der Waals surface area contributed by atoms with Crippen LogP contribution in [0.25, 0.3) is 27.9 Å². The highest BCUT2D eigenvalue weighted by atomic mass is 19.1. The maximum Gasteiger partial charge on any atom is 0.248 e. The van der Waals surface area contributed by atoms with Crippen LogP contribution in [0.3, 0.4) is 0 Å². The van der Waals surface area contributed by atoms with Crippen molar-refractivity contribution in [1.29, 1.82) is 0 Å². The minimum Gasteiger partial charge on any atom is -0.358 e. The molecule has 144 valence electrons. The van der Waals surface area contributed by atoms with E-state index in [1.165, 1.54) is 24.5 Å². The molecule has 1 unspecified atom stereocenters. The van der Waals surface area contributed by atoms with Crippen LogP contribution in [0, 0.1) is 5.82 Å². The smallest absolute Gasteiger partial charge is 0.248 e. The number of H-pyrrole nitrogens is 2. The molecule has 1 aromatic carbocycles. The molecule has 0 aliphatic heterocycles. The number of fused-ring (bicyclic) bond motifs is 2. The molecule has 0 saturated heterocycles. The molecule has 0 aliphatic rings. The number of anilines is 1. The Hall–Kier alpha value is -4.08. The Labute approximate surface area is 162 Å². The van der Waals surface area contributed by atoms with Crippen molar-refractivity contribution in [3.05, 3.63) is 71.2 Å². The van der Waals surface area contributed by atoms with Crippen LogP contribution < -0.4 is 10.9 Å². The Bertz CT molecular complexity index is 1380. The fourth-order valence-corrected chi connectivity index (χ4v) is 3.31. The lowest BCUT2D eigenvalue weighted by molar-refractivity contribution is 0.629. The van der Waals surface area contributed by atoms with Crippen LogP contribution in [0.4, 0.5) is 10.2 Å². The summed E-state index contributed by atoms with van der Waals surface area (Å²) < 4.78 is 15.8. The van der Waals surface area contributed by atoms with E-state index < -0.39 is 0 Å². The van der Waals surface area contributed by atoms with Gasteiger partial charge in [-0.05, 0) is 25.1 Å². The number of benzene rings is 1. The molecule has 0 aliphatic carbocycles. The van der Waals surface area contributed by atoms with Crippen LogP contribution in [-0.4, -0.2) is 34.5 Å². The summed E-state index contributed by atoms with van der Waals surface area (Å²) in [4.78, 5) is 34.4. The molecule has 0 amide bonds. The third-order valence-corrected chi connectivity index (χ3v) is 4.63. The number of hydrogen-bond donors (Lipinski definition) is 3. The summed E-state index contributed by atoms with van der Waals surface area (Å²) in [6.07, 6.45) is 4.55. The number of rotatable bonds is 4. The largest absolute Gasteiger partial charge is 0.358 e. The standard InChI is InChI=1S/C19H15FN8O/c1-10(26-18-16-17(23-8-22-16)24-9-25-18)19-27-13-4-2-11(20)6-14(13)28(19)12-3-5-15(29)21-7-12/h2-10H,1H3,(H,21,29)(H2,22,23,24,25,26). The van der Waals surface area contributed by atoms with Crippen LogP contribution in [0.15, 0.2) is 54.0 Å². The maximum absolute atomic E-state index is 14.0. The molecule has 0 spiro atoms. The highest BCUT2D eigenvalue weighted by Crippen LogP contribution is 2.28. The highest BCUT2D eigenvalue weighted by molar-refractivity contribution is 5.82. The first-order valence-electron chi connectivity index (χ1n) is 8.88. The second-order valence-electron chi connectivity index (χ2n) is 6.54. The number of aromatic amines is 2. The molecular formula is C19H15FN8O. The van der Waals surface area contributed by atoms with Gasteiger partial charge in [-0.25, -0.2) is 24.3 Å². The van der Waals surface area contributed by atoms with Crippen LogP contribution >= 0.6 is 0 Å². The normalized spacial score (nSPS) is 12.5. The van der Waals surface area contributed by atoms with Crippen molar-refractivity contribution in [1.82, 2.24) is 34.5 Å². The molecule has 3 N–H and O–H groups in total. The number of pyridine rings is 1. The van der Waals surface area contributed by atoms with Gasteiger partial charge in [0.15, 0.2) is 11.5 Å². The molecule has 0 bridgehead atoms. The average molecular weight is 390 g/mol. The summed E-state index contributed by atoms with van der Waals surface area (Å²) in [6, 6.07) is 7.19. The van der Waals surface area contributed by atoms with Crippen molar-refractivity contribution in [3.63, 3.8) is 0 Å². The fourth-order valence-electron chi connectivity index (χ4n) is 3.31. The quantitative estimate of drug-likeness (QED) is 0.434. The first-order valence-corrected chi connectivity index (χ1v) is 8.88. The average Bonchev–Trinajstić information content (AvgIpc) is 3.34. The predicted octanol–water partition coefficient (Wildman–Crippen LogP) is 2.69. The van der Waals surface area contributed by atoms with E-state index in [0.29, 0.717) is 39.5 Å². The summed E-state index contributed by atoms with van der Waals surface area (Å²) in [7, 11) is 0. The van der Waals surface area contributed by atoms with Gasteiger partial charge in [0.1, 0.15) is 23.5 Å². The maximum atomic E-state index is 14.0. The number of nitrogens with zero attached hydrogens (tertiary/aromatic N) is 5. The first-order chi connectivity index (χ1) is 14.1. The van der Waals surface area contributed by atoms with Gasteiger partial charge in [0.2, 0.25) is 5.56 Å². The van der Waals surface area contributed by atoms with Crippen molar-refractivity contribution in [2.24, 2.45) is 0 Å². The van der Waals surface area contributed by atoms with E-state index in [1.807, 2.05) is 6.92 Å². The molecule has 1 atom stereocenters. The summed E-state index contributed by atoms with van der Waals surface area (Å²) in [5.41, 5.74) is 2.89. The minimum atomic E-state index is -0.370. The van der Waals surface area contributed by atoms with Crippen molar-refractivity contribution in [2.75, 3.05) is 5.32 Å². The van der Waals surface area contributed by atoms with Gasteiger partial charge >= 0.3 is 0 Å². The van der Waals surface area contributed by atoms with Gasteiger partial charge in [-0.1, -0.05) is 0 Å². The van der Waals surface area contributed by atoms with Gasteiger partial charge < -0.3 is 15.3 Å². The van der Waals surface area contributed by atoms with E-state index in [0.717, 1.165) is 0 Å². The lowest BCUT2D eigenvalue weighted by Crippen LogP contribution is -2.15. The molecular weight excluding hydrogens is 375 g/mol. The summed E-state index contributed by atoms with van der Waals surface area (Å²) in [5, 5.41) is 3.31. The summed E-state index contributed by atoms with van der Waals surface area (Å²) in [6.45, 7) is 1.92. The lowest BCUT2D eigenvalue weighted by Gasteiger charge is -2.17. The van der Waals surface area contributed by atoms with Crippen LogP contribution in [-0.2, 0) is 0 Å². The lowest BCUT2D eigenvalue weighted by atomic mass is 10.2. The Morgan fingerprint density at radius 1 is 1.14 bits per heavy atom. The monoisotopic (exact) mass is 390 g/mol. The zero-order valence-corrected chi connectivity index (χ0v) is 15.2. The Morgan fingerprint density at radius 3 is 2.86 bits per heavy atom. The van der Waals surface area contributed by atoms with Crippen LogP contribution in [0.5, 0.6) is 0 Å². The summed E-state index contributed by atoms with van der Waals surface area (Å²) >= 11 is 0. The number of halogens is 1. The van der Waals surface area contributed by atoms with E-state index in [4.69, 9.17) is 0 Å². The van der Waals surface area contributed by atoms with Crippen molar-refractivity contribution in [2.45, 2.75) is 13.0 Å². The molecule has 29 heavy (non-hydrogen) atoms. The third-order valence-electron chi connectivity index (χ3n) is 4.63. The zero-order chi connectivity index (χ0) is 20.0. The fraction of sp³-hybridized carbons (Fsp3) is 0.105. The molecule has 0 saturated carbocycles. The third kappa shape index (κ3) is 2.90. The molecule has 5 rings (SSSR count). The molecule has 5 aromatic rings.